The van der Waals surface area contributed by atoms with Gasteiger partial charge in [-0.15, -0.1) is 0 Å². The maximum Gasteiger partial charge on any atom is 0.332 e. The van der Waals surface area contributed by atoms with E-state index in [9.17, 15) is 13.2 Å². The van der Waals surface area contributed by atoms with Crippen molar-refractivity contribution in [2.45, 2.75) is 57.6 Å². The highest BCUT2D eigenvalue weighted by Gasteiger charge is 2.30. The average Bonchev–Trinajstić information content (AvgIpc) is 2.54. The first-order valence-electron chi connectivity index (χ1n) is 9.25. The molecule has 0 aliphatic carbocycles. The van der Waals surface area contributed by atoms with Gasteiger partial charge in [0.1, 0.15) is 0 Å². The van der Waals surface area contributed by atoms with E-state index in [1.54, 1.807) is 0 Å². The summed E-state index contributed by atoms with van der Waals surface area (Å²) in [4.78, 5) is 14.6. The molecule has 0 atom stereocenters. The van der Waals surface area contributed by atoms with Gasteiger partial charge in [-0.3, -0.25) is 0 Å². The highest BCUT2D eigenvalue weighted by atomic mass is 32.2. The van der Waals surface area contributed by atoms with Crippen molar-refractivity contribution < 1.29 is 13.2 Å². The molecule has 2 amide bonds. The van der Waals surface area contributed by atoms with Gasteiger partial charge in [-0.05, 0) is 55.9 Å². The summed E-state index contributed by atoms with van der Waals surface area (Å²) in [6.45, 7) is 9.66. The van der Waals surface area contributed by atoms with Gasteiger partial charge in [0.15, 0.2) is 0 Å². The zero-order valence-corrected chi connectivity index (χ0v) is 17.2. The maximum absolute atomic E-state index is 12.5. The Morgan fingerprint density at radius 2 is 1.58 bits per heavy atom. The number of likely N-dealkylation sites (tertiary alicyclic amines) is 1. The monoisotopic (exact) mass is 381 g/mol. The first kappa shape index (κ1) is 20.7. The zero-order valence-electron chi connectivity index (χ0n) is 16.4. The highest BCUT2D eigenvalue weighted by molar-refractivity contribution is 7.90. The Bertz CT molecular complexity index is 710. The van der Waals surface area contributed by atoms with E-state index in [2.05, 4.69) is 42.6 Å². The quantitative estimate of drug-likeness (QED) is 0.818. The van der Waals surface area contributed by atoms with Crippen LogP contribution < -0.4 is 10.0 Å². The highest BCUT2D eigenvalue weighted by Crippen LogP contribution is 2.32. The molecule has 0 saturated carbocycles. The summed E-state index contributed by atoms with van der Waals surface area (Å²) in [5.74, 6) is 0.434. The topological polar surface area (TPSA) is 78.5 Å². The summed E-state index contributed by atoms with van der Waals surface area (Å²) in [6.07, 6.45) is 1.08. The van der Waals surface area contributed by atoms with Crippen molar-refractivity contribution in [3.63, 3.8) is 0 Å². The second kappa shape index (κ2) is 8.39. The predicted molar refractivity (Wildman–Crippen MR) is 106 cm³/mol. The fourth-order valence-electron chi connectivity index (χ4n) is 3.34. The SMILES string of the molecule is CC(C)c1cccc(C(C)C)c1NC(=O)NS(=O)(=O)C1CCN(C)CC1. The lowest BCUT2D eigenvalue weighted by molar-refractivity contribution is 0.255. The van der Waals surface area contributed by atoms with E-state index >= 15 is 0 Å². The van der Waals surface area contributed by atoms with E-state index in [-0.39, 0.29) is 11.8 Å². The normalized spacial score (nSPS) is 16.9. The number of nitrogens with zero attached hydrogens (tertiary/aromatic N) is 1. The van der Waals surface area contributed by atoms with Crippen LogP contribution in [-0.4, -0.2) is 44.7 Å². The van der Waals surface area contributed by atoms with Crippen molar-refractivity contribution in [3.8, 4) is 0 Å². The minimum Gasteiger partial charge on any atom is -0.307 e. The molecule has 2 N–H and O–H groups in total. The molecule has 146 valence electrons. The van der Waals surface area contributed by atoms with E-state index < -0.39 is 21.3 Å². The van der Waals surface area contributed by atoms with Crippen molar-refractivity contribution in [2.24, 2.45) is 0 Å². The van der Waals surface area contributed by atoms with Crippen LogP contribution in [0.3, 0.4) is 0 Å². The third-order valence-electron chi connectivity index (χ3n) is 4.95. The molecule has 1 aliphatic rings. The minimum absolute atomic E-state index is 0.217. The van der Waals surface area contributed by atoms with Gasteiger partial charge >= 0.3 is 6.03 Å². The third-order valence-corrected chi connectivity index (χ3v) is 6.77. The number of piperidine rings is 1. The Kier molecular flexibility index (Phi) is 6.69. The van der Waals surface area contributed by atoms with Crippen LogP contribution >= 0.6 is 0 Å². The number of amides is 2. The second-order valence-electron chi connectivity index (χ2n) is 7.72. The van der Waals surface area contributed by atoms with Gasteiger partial charge in [0.25, 0.3) is 0 Å². The molecule has 0 aromatic heterocycles. The third kappa shape index (κ3) is 4.98. The lowest BCUT2D eigenvalue weighted by atomic mass is 9.93. The Morgan fingerprint density at radius 3 is 2.04 bits per heavy atom. The minimum atomic E-state index is -3.68. The predicted octanol–water partition coefficient (Wildman–Crippen LogP) is 3.48. The summed E-state index contributed by atoms with van der Waals surface area (Å²) in [6, 6.07) is 5.23. The van der Waals surface area contributed by atoms with E-state index in [4.69, 9.17) is 0 Å². The standard InChI is InChI=1S/C19H31N3O3S/c1-13(2)16-7-6-8-17(14(3)4)18(16)20-19(23)21-26(24,25)15-9-11-22(5)12-10-15/h6-8,13-15H,9-12H2,1-5H3,(H2,20,21,23). The Balaban J connectivity index is 2.17. The lowest BCUT2D eigenvalue weighted by Gasteiger charge is -2.28. The summed E-state index contributed by atoms with van der Waals surface area (Å²) < 4.78 is 27.3. The molecule has 1 aromatic rings. The molecule has 6 nitrogen and oxygen atoms in total. The largest absolute Gasteiger partial charge is 0.332 e. The van der Waals surface area contributed by atoms with Crippen molar-refractivity contribution >= 4 is 21.7 Å². The number of carbonyl (C=O) groups excluding carboxylic acids is 1. The van der Waals surface area contributed by atoms with Crippen molar-refractivity contribution in [1.82, 2.24) is 9.62 Å². The first-order valence-corrected chi connectivity index (χ1v) is 10.8. The van der Waals surface area contributed by atoms with Gasteiger partial charge in [0.05, 0.1) is 5.25 Å². The molecule has 0 spiro atoms. The molecule has 0 radical (unpaired) electrons. The van der Waals surface area contributed by atoms with Crippen LogP contribution in [0.4, 0.5) is 10.5 Å². The number of sulfonamides is 1. The van der Waals surface area contributed by atoms with Crippen molar-refractivity contribution in [3.05, 3.63) is 29.3 Å². The molecule has 7 heteroatoms. The molecular formula is C19H31N3O3S. The number of nitrogens with one attached hydrogen (secondary N) is 2. The van der Waals surface area contributed by atoms with Crippen LogP contribution in [0.1, 0.15) is 63.5 Å². The molecule has 0 bridgehead atoms. The summed E-state index contributed by atoms with van der Waals surface area (Å²) in [7, 11) is -1.71. The molecular weight excluding hydrogens is 350 g/mol. The molecule has 1 fully saturated rings. The summed E-state index contributed by atoms with van der Waals surface area (Å²) in [5, 5.41) is 2.29. The van der Waals surface area contributed by atoms with Crippen LogP contribution in [0.15, 0.2) is 18.2 Å². The molecule has 1 saturated heterocycles. The molecule has 1 aliphatic heterocycles. The number of hydrogen-bond acceptors (Lipinski definition) is 4. The Hall–Kier alpha value is -1.60. The van der Waals surface area contributed by atoms with Gasteiger partial charge in [-0.25, -0.2) is 17.9 Å². The summed E-state index contributed by atoms with van der Waals surface area (Å²) in [5.41, 5.74) is 2.72. The Morgan fingerprint density at radius 1 is 1.08 bits per heavy atom. The Labute approximate surface area is 157 Å². The molecule has 26 heavy (non-hydrogen) atoms. The van der Waals surface area contributed by atoms with Gasteiger partial charge < -0.3 is 10.2 Å². The van der Waals surface area contributed by atoms with Crippen LogP contribution in [-0.2, 0) is 10.0 Å². The maximum atomic E-state index is 12.5. The van der Waals surface area contributed by atoms with Gasteiger partial charge in [-0.1, -0.05) is 45.9 Å². The van der Waals surface area contributed by atoms with E-state index in [1.165, 1.54) is 0 Å². The number of carbonyl (C=O) groups is 1. The average molecular weight is 382 g/mol. The summed E-state index contributed by atoms with van der Waals surface area (Å²) >= 11 is 0. The zero-order chi connectivity index (χ0) is 19.5. The molecule has 1 aromatic carbocycles. The fourth-order valence-corrected chi connectivity index (χ4v) is 4.65. The van der Waals surface area contributed by atoms with E-state index in [1.807, 2.05) is 25.2 Å². The van der Waals surface area contributed by atoms with Crippen LogP contribution in [0.25, 0.3) is 0 Å². The molecule has 0 unspecified atom stereocenters. The van der Waals surface area contributed by atoms with E-state index in [0.29, 0.717) is 18.5 Å². The van der Waals surface area contributed by atoms with Gasteiger partial charge in [-0.2, -0.15) is 0 Å². The first-order chi connectivity index (χ1) is 12.1. The fraction of sp³-hybridized carbons (Fsp3) is 0.632. The number of anilines is 1. The van der Waals surface area contributed by atoms with Gasteiger partial charge in [0, 0.05) is 5.69 Å². The number of hydrogen-bond donors (Lipinski definition) is 2. The number of rotatable bonds is 5. The van der Waals surface area contributed by atoms with Crippen LogP contribution in [0.5, 0.6) is 0 Å². The van der Waals surface area contributed by atoms with Gasteiger partial charge in [0.2, 0.25) is 10.0 Å². The lowest BCUT2D eigenvalue weighted by Crippen LogP contribution is -2.45. The number of benzene rings is 1. The molecule has 2 rings (SSSR count). The molecule has 1 heterocycles. The number of para-hydroxylation sites is 1. The van der Waals surface area contributed by atoms with Crippen LogP contribution in [0.2, 0.25) is 0 Å². The van der Waals surface area contributed by atoms with Crippen molar-refractivity contribution in [2.75, 3.05) is 25.5 Å². The van der Waals surface area contributed by atoms with Crippen molar-refractivity contribution in [1.29, 1.82) is 0 Å². The number of urea groups is 1. The second-order valence-corrected chi connectivity index (χ2v) is 9.69. The smallest absolute Gasteiger partial charge is 0.307 e. The van der Waals surface area contributed by atoms with Crippen LogP contribution in [0, 0.1) is 0 Å². The van der Waals surface area contributed by atoms with E-state index in [0.717, 1.165) is 24.2 Å².